The molecule has 1 saturated heterocycles. The van der Waals surface area contributed by atoms with E-state index in [9.17, 15) is 14.4 Å². The molecular weight excluding hydrogens is 426 g/mol. The molecule has 1 aliphatic carbocycles. The molecule has 1 aliphatic heterocycles. The van der Waals surface area contributed by atoms with Crippen molar-refractivity contribution in [1.82, 2.24) is 15.5 Å². The van der Waals surface area contributed by atoms with Crippen LogP contribution in [-0.4, -0.2) is 48.6 Å². The van der Waals surface area contributed by atoms with Crippen LogP contribution < -0.4 is 10.6 Å². The molecule has 6 nitrogen and oxygen atoms in total. The van der Waals surface area contributed by atoms with E-state index in [4.69, 9.17) is 11.6 Å². The number of likely N-dealkylation sites (tertiary alicyclic amines) is 1. The highest BCUT2D eigenvalue weighted by molar-refractivity contribution is 6.49. The van der Waals surface area contributed by atoms with E-state index in [2.05, 4.69) is 15.5 Å². The zero-order valence-electron chi connectivity index (χ0n) is 17.8. The van der Waals surface area contributed by atoms with E-state index >= 15 is 0 Å². The molecule has 4 rings (SSSR count). The number of nitrogens with zero attached hydrogens (tertiary/aromatic N) is 1. The normalized spacial score (nSPS) is 16.7. The lowest BCUT2D eigenvalue weighted by atomic mass is 9.92. The van der Waals surface area contributed by atoms with Crippen molar-refractivity contribution in [3.05, 3.63) is 81.5 Å². The van der Waals surface area contributed by atoms with Crippen LogP contribution in [0.3, 0.4) is 0 Å². The predicted octanol–water partition coefficient (Wildman–Crippen LogP) is 3.52. The molecule has 1 heterocycles. The van der Waals surface area contributed by atoms with Crippen molar-refractivity contribution in [1.29, 1.82) is 0 Å². The maximum absolute atomic E-state index is 12.7. The van der Waals surface area contributed by atoms with Crippen LogP contribution in [0, 0.1) is 0 Å². The molecule has 2 aromatic carbocycles. The molecule has 0 unspecified atom stereocenters. The zero-order valence-corrected chi connectivity index (χ0v) is 18.6. The average molecular weight is 452 g/mol. The van der Waals surface area contributed by atoms with E-state index < -0.39 is 0 Å². The molecule has 0 atom stereocenters. The smallest absolute Gasteiger partial charge is 0.251 e. The highest BCUT2D eigenvalue weighted by Gasteiger charge is 2.30. The first-order valence-electron chi connectivity index (χ1n) is 11.0. The van der Waals surface area contributed by atoms with Crippen LogP contribution in [0.1, 0.15) is 55.9 Å². The quantitative estimate of drug-likeness (QED) is 0.673. The molecule has 0 radical (unpaired) electrons. The Balaban J connectivity index is 1.32. The highest BCUT2D eigenvalue weighted by atomic mass is 35.5. The average Bonchev–Trinajstić information content (AvgIpc) is 2.83. The molecule has 7 heteroatoms. The van der Waals surface area contributed by atoms with E-state index in [1.807, 2.05) is 12.1 Å². The molecule has 1 fully saturated rings. The number of ketones is 2. The van der Waals surface area contributed by atoms with Gasteiger partial charge in [-0.15, -0.1) is 0 Å². The molecule has 32 heavy (non-hydrogen) atoms. The molecule has 2 aliphatic rings. The number of halogens is 1. The van der Waals surface area contributed by atoms with Crippen LogP contribution in [-0.2, 0) is 6.54 Å². The number of amides is 1. The summed E-state index contributed by atoms with van der Waals surface area (Å²) in [5, 5.41) is 5.87. The van der Waals surface area contributed by atoms with E-state index in [-0.39, 0.29) is 28.2 Å². The molecule has 166 valence electrons. The summed E-state index contributed by atoms with van der Waals surface area (Å²) >= 11 is 6.18. The summed E-state index contributed by atoms with van der Waals surface area (Å²) in [6.07, 6.45) is 3.76. The first kappa shape index (κ1) is 22.2. The van der Waals surface area contributed by atoms with Gasteiger partial charge in [-0.2, -0.15) is 0 Å². The zero-order chi connectivity index (χ0) is 22.5. The minimum atomic E-state index is -0.360. The number of hydrogen-bond acceptors (Lipinski definition) is 5. The van der Waals surface area contributed by atoms with Gasteiger partial charge < -0.3 is 15.5 Å². The molecule has 2 aromatic rings. The van der Waals surface area contributed by atoms with E-state index in [1.54, 1.807) is 36.4 Å². The topological polar surface area (TPSA) is 78.5 Å². The Morgan fingerprint density at radius 2 is 1.56 bits per heavy atom. The number of rotatable bonds is 7. The Morgan fingerprint density at radius 1 is 0.906 bits per heavy atom. The second-order valence-electron chi connectivity index (χ2n) is 8.10. The van der Waals surface area contributed by atoms with E-state index in [0.29, 0.717) is 29.8 Å². The number of Topliss-reactive ketones (excluding diaryl/α,β-unsaturated/α-hetero) is 2. The summed E-state index contributed by atoms with van der Waals surface area (Å²) in [5.74, 6) is -0.757. The number of carbonyl (C=O) groups is 3. The van der Waals surface area contributed by atoms with Crippen molar-refractivity contribution in [2.24, 2.45) is 0 Å². The standard InChI is InChI=1S/C25H26ClN3O3/c26-21-22(24(31)20-7-3-2-6-19(20)23(21)30)28-16-17-8-10-18(11-9-17)25(32)27-12-15-29-13-4-1-5-14-29/h2-3,6-11,28H,1,4-5,12-16H2,(H,27,32). The summed E-state index contributed by atoms with van der Waals surface area (Å²) in [7, 11) is 0. The van der Waals surface area contributed by atoms with Crippen molar-refractivity contribution < 1.29 is 14.4 Å². The first-order valence-corrected chi connectivity index (χ1v) is 11.3. The van der Waals surface area contributed by atoms with Gasteiger partial charge in [0.25, 0.3) is 5.91 Å². The van der Waals surface area contributed by atoms with Crippen LogP contribution in [0.2, 0.25) is 0 Å². The summed E-state index contributed by atoms with van der Waals surface area (Å²) in [4.78, 5) is 40.0. The van der Waals surface area contributed by atoms with Gasteiger partial charge in [-0.1, -0.05) is 54.4 Å². The van der Waals surface area contributed by atoms with Gasteiger partial charge in [0.1, 0.15) is 10.7 Å². The van der Waals surface area contributed by atoms with Crippen LogP contribution >= 0.6 is 11.6 Å². The Kier molecular flexibility index (Phi) is 7.02. The van der Waals surface area contributed by atoms with Gasteiger partial charge in [-0.25, -0.2) is 0 Å². The fraction of sp³-hybridized carbons (Fsp3) is 0.320. The third kappa shape index (κ3) is 4.92. The molecular formula is C25H26ClN3O3. The predicted molar refractivity (Wildman–Crippen MR) is 124 cm³/mol. The van der Waals surface area contributed by atoms with Gasteiger partial charge in [0.15, 0.2) is 0 Å². The molecule has 1 amide bonds. The summed E-state index contributed by atoms with van der Waals surface area (Å²) in [5.41, 5.74) is 2.23. The fourth-order valence-corrected chi connectivity index (χ4v) is 4.33. The molecule has 0 spiro atoms. The number of benzene rings is 2. The number of allylic oxidation sites excluding steroid dienone is 2. The first-order chi connectivity index (χ1) is 15.5. The molecule has 2 N–H and O–H groups in total. The van der Waals surface area contributed by atoms with Crippen molar-refractivity contribution in [2.45, 2.75) is 25.8 Å². The van der Waals surface area contributed by atoms with Gasteiger partial charge in [0, 0.05) is 36.3 Å². The van der Waals surface area contributed by atoms with Crippen LogP contribution in [0.25, 0.3) is 0 Å². The number of hydrogen-bond donors (Lipinski definition) is 2. The van der Waals surface area contributed by atoms with Crippen LogP contribution in [0.5, 0.6) is 0 Å². The Hall–Kier alpha value is -2.96. The maximum atomic E-state index is 12.7. The summed E-state index contributed by atoms with van der Waals surface area (Å²) < 4.78 is 0. The fourth-order valence-electron chi connectivity index (χ4n) is 4.08. The monoisotopic (exact) mass is 451 g/mol. The van der Waals surface area contributed by atoms with E-state index in [1.165, 1.54) is 19.3 Å². The van der Waals surface area contributed by atoms with Crippen molar-refractivity contribution in [2.75, 3.05) is 26.2 Å². The molecule has 0 aromatic heterocycles. The SMILES string of the molecule is O=C(NCCN1CCCCC1)c1ccc(CNC2=C(Cl)C(=O)c3ccccc3C2=O)cc1. The van der Waals surface area contributed by atoms with Gasteiger partial charge in [-0.3, -0.25) is 14.4 Å². The second-order valence-corrected chi connectivity index (χ2v) is 8.48. The number of fused-ring (bicyclic) bond motifs is 1. The largest absolute Gasteiger partial charge is 0.376 e. The van der Waals surface area contributed by atoms with Crippen molar-refractivity contribution in [3.63, 3.8) is 0 Å². The number of nitrogens with one attached hydrogen (secondary N) is 2. The Labute approximate surface area is 192 Å². The lowest BCUT2D eigenvalue weighted by Gasteiger charge is -2.26. The van der Waals surface area contributed by atoms with Crippen molar-refractivity contribution >= 4 is 29.1 Å². The van der Waals surface area contributed by atoms with Crippen LogP contribution in [0.15, 0.2) is 59.3 Å². The van der Waals surface area contributed by atoms with Gasteiger partial charge in [0.05, 0.1) is 0 Å². The van der Waals surface area contributed by atoms with Gasteiger partial charge in [0.2, 0.25) is 11.6 Å². The van der Waals surface area contributed by atoms with Crippen LogP contribution in [0.4, 0.5) is 0 Å². The third-order valence-electron chi connectivity index (χ3n) is 5.91. The lowest BCUT2D eigenvalue weighted by Crippen LogP contribution is -2.37. The summed E-state index contributed by atoms with van der Waals surface area (Å²) in [6.45, 7) is 4.03. The Morgan fingerprint density at radius 3 is 2.25 bits per heavy atom. The second kappa shape index (κ2) is 10.1. The maximum Gasteiger partial charge on any atom is 0.251 e. The lowest BCUT2D eigenvalue weighted by molar-refractivity contribution is 0.0945. The van der Waals surface area contributed by atoms with E-state index in [0.717, 1.165) is 25.2 Å². The molecule has 0 bridgehead atoms. The Bertz CT molecular complexity index is 1060. The van der Waals surface area contributed by atoms with Crippen molar-refractivity contribution in [3.8, 4) is 0 Å². The molecule has 0 saturated carbocycles. The third-order valence-corrected chi connectivity index (χ3v) is 6.27. The number of carbonyl (C=O) groups excluding carboxylic acids is 3. The highest BCUT2D eigenvalue weighted by Crippen LogP contribution is 2.27. The minimum Gasteiger partial charge on any atom is -0.376 e. The van der Waals surface area contributed by atoms with Gasteiger partial charge >= 0.3 is 0 Å². The summed E-state index contributed by atoms with van der Waals surface area (Å²) in [6, 6.07) is 13.8. The minimum absolute atomic E-state index is 0.0987. The number of piperidine rings is 1. The van der Waals surface area contributed by atoms with Gasteiger partial charge in [-0.05, 0) is 43.6 Å².